The molecule has 0 fully saturated rings. The Balaban J connectivity index is 0.000000288. The van der Waals surface area contributed by atoms with E-state index >= 15 is 0 Å². The van der Waals surface area contributed by atoms with E-state index in [1.165, 1.54) is 18.6 Å². The van der Waals surface area contributed by atoms with Gasteiger partial charge in [0.25, 0.3) is 0 Å². The zero-order valence-corrected chi connectivity index (χ0v) is 9.57. The topological polar surface area (TPSA) is 56.7 Å². The number of carbonyl (C=O) groups is 1. The number of hydrogen-bond donors (Lipinski definition) is 1. The summed E-state index contributed by atoms with van der Waals surface area (Å²) < 4.78 is 0. The Kier molecular flexibility index (Phi) is 7.28. The van der Waals surface area contributed by atoms with Crippen LogP contribution in [0.2, 0.25) is 0 Å². The predicted molar refractivity (Wildman–Crippen MR) is 58.4 cm³/mol. The van der Waals surface area contributed by atoms with E-state index in [2.05, 4.69) is 26.2 Å². The van der Waals surface area contributed by atoms with Crippen LogP contribution in [0.4, 0.5) is 0 Å². The molecular weight excluding hydrogens is 190 g/mol. The highest BCUT2D eigenvalue weighted by Crippen LogP contribution is 1.94. The van der Waals surface area contributed by atoms with E-state index < -0.39 is 5.97 Å². The van der Waals surface area contributed by atoms with E-state index in [1.54, 1.807) is 18.2 Å². The van der Waals surface area contributed by atoms with Crippen LogP contribution in [0.5, 0.6) is 0 Å². The zero-order valence-electron chi connectivity index (χ0n) is 9.57. The van der Waals surface area contributed by atoms with Crippen molar-refractivity contribution in [1.29, 1.82) is 0 Å². The van der Waals surface area contributed by atoms with Crippen molar-refractivity contribution < 1.29 is 15.2 Å². The van der Waals surface area contributed by atoms with Crippen LogP contribution in [0.3, 0.4) is 0 Å². The molecule has 0 aliphatic heterocycles. The summed E-state index contributed by atoms with van der Waals surface area (Å²) in [6.07, 6.45) is 1.27. The molecule has 2 N–H and O–H groups in total. The van der Waals surface area contributed by atoms with Crippen molar-refractivity contribution in [2.45, 2.75) is 26.3 Å². The summed E-state index contributed by atoms with van der Waals surface area (Å²) in [5.41, 5.74) is 0.220. The van der Waals surface area contributed by atoms with E-state index in [0.717, 1.165) is 6.04 Å². The predicted octanol–water partition coefficient (Wildman–Crippen LogP) is 0.0282. The van der Waals surface area contributed by atoms with E-state index in [4.69, 9.17) is 0 Å². The van der Waals surface area contributed by atoms with Crippen molar-refractivity contribution in [1.82, 2.24) is 0 Å². The Morgan fingerprint density at radius 2 is 1.93 bits per heavy atom. The number of carboxylic acid groups (broad SMARTS) is 1. The lowest BCUT2D eigenvalue weighted by Crippen LogP contribution is -2.85. The lowest BCUT2D eigenvalue weighted by molar-refractivity contribution is -0.660. The molecule has 0 aliphatic carbocycles. The summed E-state index contributed by atoms with van der Waals surface area (Å²) in [4.78, 5) is 10.1. The van der Waals surface area contributed by atoms with Crippen LogP contribution in [0.25, 0.3) is 0 Å². The molecule has 1 unspecified atom stereocenters. The summed E-state index contributed by atoms with van der Waals surface area (Å²) >= 11 is 0. The molecule has 3 nitrogen and oxygen atoms in total. The van der Waals surface area contributed by atoms with Crippen LogP contribution >= 0.6 is 0 Å². The molecule has 0 saturated heterocycles. The van der Waals surface area contributed by atoms with Gasteiger partial charge in [-0.3, -0.25) is 0 Å². The second-order valence-corrected chi connectivity index (χ2v) is 3.37. The Morgan fingerprint density at radius 3 is 2.13 bits per heavy atom. The van der Waals surface area contributed by atoms with Gasteiger partial charge in [0.05, 0.1) is 19.1 Å². The van der Waals surface area contributed by atoms with Crippen molar-refractivity contribution in [3.63, 3.8) is 0 Å². The molecule has 0 bridgehead atoms. The van der Waals surface area contributed by atoms with Gasteiger partial charge < -0.3 is 15.2 Å². The summed E-state index contributed by atoms with van der Waals surface area (Å²) in [5.74, 6) is -1.13. The molecule has 15 heavy (non-hydrogen) atoms. The molecule has 0 aliphatic rings. The van der Waals surface area contributed by atoms with E-state index in [9.17, 15) is 9.90 Å². The van der Waals surface area contributed by atoms with Crippen molar-refractivity contribution in [2.24, 2.45) is 0 Å². The normalized spacial score (nSPS) is 11.1. The van der Waals surface area contributed by atoms with E-state index in [1.807, 2.05) is 0 Å². The Hall–Kier alpha value is -1.35. The Labute approximate surface area is 91.1 Å². The van der Waals surface area contributed by atoms with Crippen molar-refractivity contribution in [2.75, 3.05) is 7.05 Å². The third-order valence-electron chi connectivity index (χ3n) is 2.22. The van der Waals surface area contributed by atoms with Crippen LogP contribution in [0.15, 0.2) is 30.3 Å². The first-order valence-corrected chi connectivity index (χ1v) is 5.17. The lowest BCUT2D eigenvalue weighted by Gasteiger charge is -1.98. The third-order valence-corrected chi connectivity index (χ3v) is 2.22. The van der Waals surface area contributed by atoms with Gasteiger partial charge in [-0.05, 0) is 18.9 Å². The van der Waals surface area contributed by atoms with E-state index in [-0.39, 0.29) is 5.56 Å². The maximum Gasteiger partial charge on any atom is 0.0825 e. The number of quaternary nitrogens is 1. The first-order valence-electron chi connectivity index (χ1n) is 5.17. The number of hydrogen-bond acceptors (Lipinski definition) is 2. The molecule has 84 valence electrons. The molecule has 1 atom stereocenters. The molecule has 0 amide bonds. The fourth-order valence-electron chi connectivity index (χ4n) is 0.810. The maximum absolute atomic E-state index is 10.1. The number of carboxylic acids is 1. The van der Waals surface area contributed by atoms with Gasteiger partial charge in [0.1, 0.15) is 0 Å². The fraction of sp³-hybridized carbons (Fsp3) is 0.417. The van der Waals surface area contributed by atoms with Crippen molar-refractivity contribution in [3.05, 3.63) is 35.9 Å². The molecule has 1 aromatic carbocycles. The second kappa shape index (κ2) is 8.00. The summed E-state index contributed by atoms with van der Waals surface area (Å²) in [5, 5.41) is 12.3. The van der Waals surface area contributed by atoms with Crippen LogP contribution in [-0.2, 0) is 0 Å². The highest BCUT2D eigenvalue weighted by Gasteiger charge is 1.91. The lowest BCUT2D eigenvalue weighted by atomic mass is 10.2. The summed E-state index contributed by atoms with van der Waals surface area (Å²) in [6, 6.07) is 8.87. The minimum absolute atomic E-state index is 0.220. The van der Waals surface area contributed by atoms with Gasteiger partial charge in [-0.2, -0.15) is 0 Å². The van der Waals surface area contributed by atoms with E-state index in [0.29, 0.717) is 0 Å². The molecule has 0 spiro atoms. The third kappa shape index (κ3) is 6.69. The molecular formula is C12H19NO2. The van der Waals surface area contributed by atoms with Gasteiger partial charge in [-0.1, -0.05) is 37.3 Å². The van der Waals surface area contributed by atoms with Gasteiger partial charge in [-0.15, -0.1) is 0 Å². The monoisotopic (exact) mass is 209 g/mol. The minimum atomic E-state index is -1.13. The summed E-state index contributed by atoms with van der Waals surface area (Å²) in [6.45, 7) is 4.42. The molecule has 3 heteroatoms. The van der Waals surface area contributed by atoms with Crippen molar-refractivity contribution in [3.8, 4) is 0 Å². The van der Waals surface area contributed by atoms with Gasteiger partial charge in [0, 0.05) is 0 Å². The number of rotatable bonds is 3. The second-order valence-electron chi connectivity index (χ2n) is 3.37. The highest BCUT2D eigenvalue weighted by atomic mass is 16.4. The van der Waals surface area contributed by atoms with Gasteiger partial charge in [0.2, 0.25) is 0 Å². The molecule has 0 radical (unpaired) electrons. The number of aromatic carboxylic acids is 1. The average Bonchev–Trinajstić information content (AvgIpc) is 2.30. The van der Waals surface area contributed by atoms with Gasteiger partial charge in [0.15, 0.2) is 0 Å². The molecule has 0 heterocycles. The minimum Gasteiger partial charge on any atom is -0.545 e. The van der Waals surface area contributed by atoms with Crippen molar-refractivity contribution >= 4 is 5.97 Å². The smallest absolute Gasteiger partial charge is 0.0825 e. The largest absolute Gasteiger partial charge is 0.545 e. The number of carbonyl (C=O) groups excluding carboxylic acids is 1. The SMILES string of the molecule is CCC(C)[NH2+]C.O=C([O-])c1ccccc1. The molecule has 1 rings (SSSR count). The first kappa shape index (κ1) is 13.7. The number of benzene rings is 1. The molecule has 1 aromatic rings. The quantitative estimate of drug-likeness (QED) is 0.763. The summed E-state index contributed by atoms with van der Waals surface area (Å²) in [7, 11) is 2.11. The standard InChI is InChI=1S/C7H6O2.C5H13N/c8-7(9)6-4-2-1-3-5-6;1-4-5(2)6-3/h1-5H,(H,8,9);5-6H,4H2,1-3H3. The Morgan fingerprint density at radius 1 is 1.40 bits per heavy atom. The highest BCUT2D eigenvalue weighted by molar-refractivity contribution is 5.85. The van der Waals surface area contributed by atoms with Gasteiger partial charge >= 0.3 is 0 Å². The number of nitrogens with two attached hydrogens (primary N) is 1. The van der Waals surface area contributed by atoms with Crippen LogP contribution in [0.1, 0.15) is 30.6 Å². The zero-order chi connectivity index (χ0) is 11.7. The fourth-order valence-corrected chi connectivity index (χ4v) is 0.810. The van der Waals surface area contributed by atoms with Crippen LogP contribution in [-0.4, -0.2) is 19.1 Å². The average molecular weight is 209 g/mol. The molecule has 0 saturated carbocycles. The first-order chi connectivity index (χ1) is 7.11. The molecule has 0 aromatic heterocycles. The van der Waals surface area contributed by atoms with Gasteiger partial charge in [-0.25, -0.2) is 0 Å². The van der Waals surface area contributed by atoms with Crippen LogP contribution < -0.4 is 10.4 Å². The Bertz CT molecular complexity index is 268. The maximum atomic E-state index is 10.1. The van der Waals surface area contributed by atoms with Crippen LogP contribution in [0, 0.1) is 0 Å².